The Hall–Kier alpha value is -2.68. The van der Waals surface area contributed by atoms with Crippen molar-refractivity contribution in [2.24, 2.45) is 0 Å². The highest BCUT2D eigenvalue weighted by Gasteiger charge is 2.15. The Morgan fingerprint density at radius 3 is 2.84 bits per heavy atom. The van der Waals surface area contributed by atoms with Crippen LogP contribution in [0, 0.1) is 5.82 Å². The number of thioether (sulfide) groups is 1. The number of benzene rings is 1. The second-order valence-corrected chi connectivity index (χ2v) is 6.58. The summed E-state index contributed by atoms with van der Waals surface area (Å²) in [6, 6.07) is 7.45. The van der Waals surface area contributed by atoms with Crippen molar-refractivity contribution >= 4 is 23.3 Å². The summed E-state index contributed by atoms with van der Waals surface area (Å²) < 4.78 is 15.4. The van der Waals surface area contributed by atoms with Crippen LogP contribution in [0.1, 0.15) is 13.8 Å². The van der Waals surface area contributed by atoms with E-state index in [9.17, 15) is 14.0 Å². The van der Waals surface area contributed by atoms with Crippen LogP contribution in [0.2, 0.25) is 0 Å². The van der Waals surface area contributed by atoms with E-state index in [0.717, 1.165) is 11.8 Å². The van der Waals surface area contributed by atoms with Crippen LogP contribution in [0.25, 0.3) is 17.0 Å². The topological polar surface area (TPSA) is 92.2 Å². The van der Waals surface area contributed by atoms with Gasteiger partial charge in [0.25, 0.3) is 5.56 Å². The highest BCUT2D eigenvalue weighted by atomic mass is 32.2. The van der Waals surface area contributed by atoms with Crippen molar-refractivity contribution < 1.29 is 9.18 Å². The first-order valence-corrected chi connectivity index (χ1v) is 8.59. The van der Waals surface area contributed by atoms with E-state index < -0.39 is 5.82 Å². The number of aromatic amines is 1. The van der Waals surface area contributed by atoms with Crippen LogP contribution in [-0.4, -0.2) is 37.3 Å². The molecule has 0 atom stereocenters. The number of hydrogen-bond donors (Lipinski definition) is 2. The van der Waals surface area contributed by atoms with Crippen molar-refractivity contribution in [2.45, 2.75) is 25.0 Å². The molecule has 1 aromatic carbocycles. The zero-order valence-corrected chi connectivity index (χ0v) is 14.4. The fourth-order valence-electron chi connectivity index (χ4n) is 2.24. The summed E-state index contributed by atoms with van der Waals surface area (Å²) in [6.45, 7) is 3.73. The van der Waals surface area contributed by atoms with Gasteiger partial charge < -0.3 is 5.32 Å². The van der Waals surface area contributed by atoms with E-state index in [2.05, 4.69) is 20.4 Å². The Morgan fingerprint density at radius 1 is 1.36 bits per heavy atom. The van der Waals surface area contributed by atoms with E-state index in [0.29, 0.717) is 10.8 Å². The maximum absolute atomic E-state index is 14.0. The van der Waals surface area contributed by atoms with Gasteiger partial charge in [0.15, 0.2) is 16.6 Å². The Labute approximate surface area is 146 Å². The van der Waals surface area contributed by atoms with Crippen LogP contribution in [0.5, 0.6) is 0 Å². The number of carbonyl (C=O) groups is 1. The molecule has 1 amide bonds. The normalized spacial score (nSPS) is 11.2. The van der Waals surface area contributed by atoms with Gasteiger partial charge in [-0.15, -0.1) is 0 Å². The van der Waals surface area contributed by atoms with E-state index in [-0.39, 0.29) is 34.6 Å². The molecule has 7 nitrogen and oxygen atoms in total. The molecule has 0 aliphatic rings. The van der Waals surface area contributed by atoms with Gasteiger partial charge in [0.2, 0.25) is 5.91 Å². The lowest BCUT2D eigenvalue weighted by Crippen LogP contribution is -2.31. The molecule has 2 heterocycles. The van der Waals surface area contributed by atoms with Crippen LogP contribution in [-0.2, 0) is 4.79 Å². The first-order valence-electron chi connectivity index (χ1n) is 7.61. The SMILES string of the molecule is CC(C)NC(=O)CSc1nc(-c2ccccc2F)nc2cc(=O)[nH]n12. The quantitative estimate of drug-likeness (QED) is 0.677. The minimum absolute atomic E-state index is 0.0267. The second-order valence-electron chi connectivity index (χ2n) is 5.63. The van der Waals surface area contributed by atoms with E-state index in [1.165, 1.54) is 16.6 Å². The van der Waals surface area contributed by atoms with E-state index in [4.69, 9.17) is 0 Å². The number of nitrogens with one attached hydrogen (secondary N) is 2. The molecule has 0 spiro atoms. The average molecular weight is 361 g/mol. The fraction of sp³-hybridized carbons (Fsp3) is 0.250. The standard InChI is InChI=1S/C16H16FN5O2S/c1-9(2)18-14(24)8-25-16-20-15(10-5-3-4-6-11(10)17)19-12-7-13(23)21-22(12)16/h3-7,9H,8H2,1-2H3,(H,18,24)(H,21,23). The molecule has 0 bridgehead atoms. The predicted molar refractivity (Wildman–Crippen MR) is 93.0 cm³/mol. The first kappa shape index (κ1) is 17.2. The lowest BCUT2D eigenvalue weighted by Gasteiger charge is -2.09. The number of nitrogens with zero attached hydrogens (tertiary/aromatic N) is 3. The largest absolute Gasteiger partial charge is 0.353 e. The van der Waals surface area contributed by atoms with E-state index in [1.54, 1.807) is 18.2 Å². The summed E-state index contributed by atoms with van der Waals surface area (Å²) in [5.74, 6) is -0.350. The van der Waals surface area contributed by atoms with Crippen molar-refractivity contribution in [1.29, 1.82) is 0 Å². The van der Waals surface area contributed by atoms with Gasteiger partial charge in [-0.1, -0.05) is 23.9 Å². The van der Waals surface area contributed by atoms with Crippen LogP contribution in [0.4, 0.5) is 4.39 Å². The molecule has 3 rings (SSSR count). The third-order valence-corrected chi connectivity index (χ3v) is 4.16. The van der Waals surface area contributed by atoms with Gasteiger partial charge in [0.05, 0.1) is 11.3 Å². The Morgan fingerprint density at radius 2 is 2.12 bits per heavy atom. The summed E-state index contributed by atoms with van der Waals surface area (Å²) in [5, 5.41) is 5.70. The lowest BCUT2D eigenvalue weighted by molar-refractivity contribution is -0.119. The maximum Gasteiger partial charge on any atom is 0.266 e. The van der Waals surface area contributed by atoms with E-state index >= 15 is 0 Å². The fourth-order valence-corrected chi connectivity index (χ4v) is 3.00. The van der Waals surface area contributed by atoms with Crippen LogP contribution in [0.3, 0.4) is 0 Å². The lowest BCUT2D eigenvalue weighted by atomic mass is 10.2. The van der Waals surface area contributed by atoms with Crippen molar-refractivity contribution in [3.8, 4) is 11.4 Å². The number of fused-ring (bicyclic) bond motifs is 1. The summed E-state index contributed by atoms with van der Waals surface area (Å²) in [5.41, 5.74) is 0.186. The van der Waals surface area contributed by atoms with Crippen molar-refractivity contribution in [3.63, 3.8) is 0 Å². The summed E-state index contributed by atoms with van der Waals surface area (Å²) in [4.78, 5) is 32.0. The Bertz CT molecular complexity index is 982. The van der Waals surface area contributed by atoms with Gasteiger partial charge in [-0.2, -0.15) is 0 Å². The van der Waals surface area contributed by atoms with Gasteiger partial charge in [-0.05, 0) is 26.0 Å². The minimum Gasteiger partial charge on any atom is -0.353 e. The third kappa shape index (κ3) is 3.87. The molecule has 0 aliphatic carbocycles. The van der Waals surface area contributed by atoms with Crippen molar-refractivity contribution in [3.05, 3.63) is 46.5 Å². The number of carbonyl (C=O) groups excluding carboxylic acids is 1. The zero-order chi connectivity index (χ0) is 18.0. The smallest absolute Gasteiger partial charge is 0.266 e. The van der Waals surface area contributed by atoms with Crippen LogP contribution >= 0.6 is 11.8 Å². The molecule has 2 N–H and O–H groups in total. The minimum atomic E-state index is -0.460. The molecule has 0 saturated carbocycles. The molecule has 25 heavy (non-hydrogen) atoms. The van der Waals surface area contributed by atoms with Gasteiger partial charge in [-0.25, -0.2) is 18.9 Å². The Balaban J connectivity index is 2.00. The summed E-state index contributed by atoms with van der Waals surface area (Å²) in [6.07, 6.45) is 0. The van der Waals surface area contributed by atoms with Gasteiger partial charge >= 0.3 is 0 Å². The predicted octanol–water partition coefficient (Wildman–Crippen LogP) is 1.84. The molecule has 0 aliphatic heterocycles. The molecule has 0 fully saturated rings. The molecule has 9 heteroatoms. The second kappa shape index (κ2) is 7.06. The molecular weight excluding hydrogens is 345 g/mol. The number of halogens is 1. The first-order chi connectivity index (χ1) is 11.9. The number of rotatable bonds is 5. The summed E-state index contributed by atoms with van der Waals surface area (Å²) in [7, 11) is 0. The molecule has 0 unspecified atom stereocenters. The molecule has 130 valence electrons. The molecule has 2 aromatic heterocycles. The van der Waals surface area contributed by atoms with E-state index in [1.807, 2.05) is 13.8 Å². The number of hydrogen-bond acceptors (Lipinski definition) is 5. The number of H-pyrrole nitrogens is 1. The van der Waals surface area contributed by atoms with Crippen LogP contribution < -0.4 is 10.9 Å². The van der Waals surface area contributed by atoms with Gasteiger partial charge in [0, 0.05) is 12.1 Å². The van der Waals surface area contributed by atoms with Gasteiger partial charge in [0.1, 0.15) is 5.82 Å². The Kier molecular flexibility index (Phi) is 4.84. The van der Waals surface area contributed by atoms with Gasteiger partial charge in [-0.3, -0.25) is 14.7 Å². The molecule has 0 saturated heterocycles. The highest BCUT2D eigenvalue weighted by molar-refractivity contribution is 7.99. The zero-order valence-electron chi connectivity index (χ0n) is 13.6. The van der Waals surface area contributed by atoms with Crippen molar-refractivity contribution in [1.82, 2.24) is 24.9 Å². The van der Waals surface area contributed by atoms with Crippen LogP contribution in [0.15, 0.2) is 40.3 Å². The van der Waals surface area contributed by atoms with Crippen molar-refractivity contribution in [2.75, 3.05) is 5.75 Å². The number of aromatic nitrogens is 4. The maximum atomic E-state index is 14.0. The molecule has 3 aromatic rings. The molecular formula is C16H16FN5O2S. The monoisotopic (exact) mass is 361 g/mol. The highest BCUT2D eigenvalue weighted by Crippen LogP contribution is 2.23. The average Bonchev–Trinajstić information content (AvgIpc) is 2.92. The summed E-state index contributed by atoms with van der Waals surface area (Å²) >= 11 is 1.14. The third-order valence-electron chi connectivity index (χ3n) is 3.22. The number of amides is 1. The molecule has 0 radical (unpaired) electrons.